The van der Waals surface area contributed by atoms with Crippen LogP contribution in [0.3, 0.4) is 0 Å². The van der Waals surface area contributed by atoms with Crippen LogP contribution in [0.4, 0.5) is 13.2 Å². The monoisotopic (exact) mass is 552 g/mol. The molecule has 1 aliphatic rings. The molecule has 0 aliphatic carbocycles. The summed E-state index contributed by atoms with van der Waals surface area (Å²) in [5.74, 6) is -4.06. The van der Waals surface area contributed by atoms with Crippen molar-refractivity contribution in [3.63, 3.8) is 0 Å². The summed E-state index contributed by atoms with van der Waals surface area (Å²) in [5.41, 5.74) is 6.78. The van der Waals surface area contributed by atoms with Gasteiger partial charge in [-0.15, -0.1) is 0 Å². The molecule has 0 bridgehead atoms. The van der Waals surface area contributed by atoms with Gasteiger partial charge in [-0.1, -0.05) is 12.1 Å². The number of carbonyl (C=O) groups is 4. The first kappa shape index (κ1) is 30.6. The van der Waals surface area contributed by atoms with E-state index in [1.54, 1.807) is 53.4 Å². The molecular weight excluding hydrogens is 525 g/mol. The predicted molar refractivity (Wildman–Crippen MR) is 132 cm³/mol. The van der Waals surface area contributed by atoms with Crippen molar-refractivity contribution in [1.29, 1.82) is 5.41 Å². The number of aliphatic carboxylic acids is 2. The van der Waals surface area contributed by atoms with Crippen molar-refractivity contribution in [2.24, 2.45) is 5.73 Å². The van der Waals surface area contributed by atoms with Crippen LogP contribution in [-0.2, 0) is 9.59 Å². The highest BCUT2D eigenvalue weighted by Crippen LogP contribution is 2.16. The zero-order valence-corrected chi connectivity index (χ0v) is 20.5. The van der Waals surface area contributed by atoms with Crippen LogP contribution in [0.25, 0.3) is 0 Å². The number of benzene rings is 2. The van der Waals surface area contributed by atoms with Crippen molar-refractivity contribution >= 4 is 29.6 Å². The molecule has 2 amide bonds. The Hall–Kier alpha value is -4.62. The number of ether oxygens (including phenoxy) is 1. The first-order valence-electron chi connectivity index (χ1n) is 11.6. The van der Waals surface area contributed by atoms with Gasteiger partial charge in [0.15, 0.2) is 0 Å². The van der Waals surface area contributed by atoms with Crippen LogP contribution < -0.4 is 15.8 Å². The number of carboxylic acid groups (broad SMARTS) is 2. The lowest BCUT2D eigenvalue weighted by Crippen LogP contribution is -2.40. The molecule has 1 atom stereocenters. The van der Waals surface area contributed by atoms with E-state index in [1.807, 2.05) is 0 Å². The van der Waals surface area contributed by atoms with Gasteiger partial charge in [-0.2, -0.15) is 13.2 Å². The molecule has 39 heavy (non-hydrogen) atoms. The molecule has 2 aromatic carbocycles. The minimum atomic E-state index is -5.08. The van der Waals surface area contributed by atoms with Crippen molar-refractivity contribution in [3.05, 3.63) is 65.2 Å². The third-order valence-corrected chi connectivity index (χ3v) is 5.38. The molecule has 0 radical (unpaired) electrons. The Morgan fingerprint density at radius 2 is 1.56 bits per heavy atom. The maximum Gasteiger partial charge on any atom is 0.490 e. The molecule has 210 valence electrons. The van der Waals surface area contributed by atoms with Gasteiger partial charge in [0.1, 0.15) is 18.2 Å². The molecular formula is C25H27F3N4O7. The summed E-state index contributed by atoms with van der Waals surface area (Å²) in [6.07, 6.45) is -3.42. The van der Waals surface area contributed by atoms with Crippen molar-refractivity contribution in [3.8, 4) is 5.75 Å². The molecule has 1 saturated heterocycles. The van der Waals surface area contributed by atoms with E-state index in [1.165, 1.54) is 0 Å². The minimum Gasteiger partial charge on any atom is -0.491 e. The summed E-state index contributed by atoms with van der Waals surface area (Å²) in [6.45, 7) is 1.41. The molecule has 1 aliphatic heterocycles. The first-order chi connectivity index (χ1) is 18.3. The Labute approximate surface area is 220 Å². The van der Waals surface area contributed by atoms with E-state index in [0.29, 0.717) is 22.4 Å². The maximum atomic E-state index is 12.6. The van der Waals surface area contributed by atoms with Crippen LogP contribution in [0, 0.1) is 5.41 Å². The van der Waals surface area contributed by atoms with Gasteiger partial charge in [0.25, 0.3) is 11.8 Å². The predicted octanol–water partition coefficient (Wildman–Crippen LogP) is 2.49. The number of nitrogens with zero attached hydrogens (tertiary/aromatic N) is 1. The molecule has 6 N–H and O–H groups in total. The van der Waals surface area contributed by atoms with Gasteiger partial charge in [-0.25, -0.2) is 4.79 Å². The fourth-order valence-electron chi connectivity index (χ4n) is 3.45. The number of nitrogen functional groups attached to an aromatic ring is 1. The lowest BCUT2D eigenvalue weighted by atomic mass is 10.1. The maximum absolute atomic E-state index is 12.6. The number of carbonyl (C=O) groups excluding carboxylic acids is 2. The zero-order valence-electron chi connectivity index (χ0n) is 20.5. The zero-order chi connectivity index (χ0) is 29.2. The highest BCUT2D eigenvalue weighted by atomic mass is 19.4. The number of alkyl halides is 3. The Morgan fingerprint density at radius 1 is 1.00 bits per heavy atom. The summed E-state index contributed by atoms with van der Waals surface area (Å²) >= 11 is 0. The van der Waals surface area contributed by atoms with E-state index in [-0.39, 0.29) is 24.8 Å². The molecule has 0 spiro atoms. The summed E-state index contributed by atoms with van der Waals surface area (Å²) in [7, 11) is 0. The fraction of sp³-hybridized carbons (Fsp3) is 0.320. The van der Waals surface area contributed by atoms with Crippen molar-refractivity contribution in [2.45, 2.75) is 31.5 Å². The SMILES string of the molecule is N=C(N)c1cccc(OCC(CC(=O)O)NC(=O)c2ccc(C(=O)N3CCCC3)cc2)c1.O=C(O)C(F)(F)F. The van der Waals surface area contributed by atoms with E-state index >= 15 is 0 Å². The molecule has 2 aromatic rings. The summed E-state index contributed by atoms with van der Waals surface area (Å²) in [4.78, 5) is 47.0. The second-order valence-corrected chi connectivity index (χ2v) is 8.40. The van der Waals surface area contributed by atoms with Gasteiger partial charge < -0.3 is 30.9 Å². The first-order valence-corrected chi connectivity index (χ1v) is 11.6. The van der Waals surface area contributed by atoms with Gasteiger partial charge in [0.05, 0.1) is 12.5 Å². The van der Waals surface area contributed by atoms with Crippen LogP contribution in [0.15, 0.2) is 48.5 Å². The smallest absolute Gasteiger partial charge is 0.490 e. The van der Waals surface area contributed by atoms with Crippen LogP contribution in [-0.4, -0.2) is 76.6 Å². The highest BCUT2D eigenvalue weighted by Gasteiger charge is 2.38. The number of carboxylic acids is 2. The Balaban J connectivity index is 0.000000673. The van der Waals surface area contributed by atoms with Crippen LogP contribution in [0.2, 0.25) is 0 Å². The average molecular weight is 553 g/mol. The normalized spacial score (nSPS) is 13.5. The number of halogens is 3. The minimum absolute atomic E-state index is 0.0561. The van der Waals surface area contributed by atoms with Gasteiger partial charge >= 0.3 is 18.1 Å². The third-order valence-electron chi connectivity index (χ3n) is 5.38. The highest BCUT2D eigenvalue weighted by molar-refractivity contribution is 5.98. The number of nitrogens with one attached hydrogen (secondary N) is 2. The average Bonchev–Trinajstić information content (AvgIpc) is 3.41. The largest absolute Gasteiger partial charge is 0.491 e. The molecule has 1 unspecified atom stereocenters. The van der Waals surface area contributed by atoms with Gasteiger partial charge in [-0.3, -0.25) is 19.8 Å². The van der Waals surface area contributed by atoms with Crippen LogP contribution >= 0.6 is 0 Å². The lowest BCUT2D eigenvalue weighted by molar-refractivity contribution is -0.192. The summed E-state index contributed by atoms with van der Waals surface area (Å²) in [6, 6.07) is 12.1. The van der Waals surface area contributed by atoms with E-state index in [4.69, 9.17) is 25.8 Å². The third kappa shape index (κ3) is 9.98. The summed E-state index contributed by atoms with van der Waals surface area (Å²) in [5, 5.41) is 26.5. The molecule has 1 heterocycles. The molecule has 0 aromatic heterocycles. The second-order valence-electron chi connectivity index (χ2n) is 8.40. The lowest BCUT2D eigenvalue weighted by Gasteiger charge is -2.18. The van der Waals surface area contributed by atoms with Crippen molar-refractivity contribution in [2.75, 3.05) is 19.7 Å². The van der Waals surface area contributed by atoms with Crippen molar-refractivity contribution < 1.29 is 47.3 Å². The summed E-state index contributed by atoms with van der Waals surface area (Å²) < 4.78 is 37.4. The molecule has 0 saturated carbocycles. The van der Waals surface area contributed by atoms with Crippen LogP contribution in [0.1, 0.15) is 45.5 Å². The van der Waals surface area contributed by atoms with Gasteiger partial charge in [0, 0.05) is 29.8 Å². The van der Waals surface area contributed by atoms with Gasteiger partial charge in [-0.05, 0) is 49.2 Å². The van der Waals surface area contributed by atoms with E-state index in [2.05, 4.69) is 5.32 Å². The van der Waals surface area contributed by atoms with Gasteiger partial charge in [0.2, 0.25) is 0 Å². The number of likely N-dealkylation sites (tertiary alicyclic amines) is 1. The standard InChI is InChI=1S/C23H26N4O5.C2HF3O2/c24-21(25)17-4-3-5-19(12-17)32-14-18(13-20(28)29)26-22(30)15-6-8-16(9-7-15)23(31)27-10-1-2-11-27;3-2(4,5)1(6)7/h3-9,12,18H,1-2,10-11,13-14H2,(H3,24,25)(H,26,30)(H,28,29);(H,6,7). The number of nitrogens with two attached hydrogens (primary N) is 1. The quantitative estimate of drug-likeness (QED) is 0.232. The number of amides is 2. The topological polar surface area (TPSA) is 183 Å². The number of hydrogen-bond acceptors (Lipinski definition) is 6. The van der Waals surface area contributed by atoms with E-state index in [9.17, 15) is 32.7 Å². The molecule has 11 nitrogen and oxygen atoms in total. The molecule has 3 rings (SSSR count). The Morgan fingerprint density at radius 3 is 2.08 bits per heavy atom. The number of rotatable bonds is 9. The number of amidine groups is 1. The second kappa shape index (κ2) is 13.8. The Kier molecular flexibility index (Phi) is 10.8. The van der Waals surface area contributed by atoms with E-state index in [0.717, 1.165) is 25.9 Å². The van der Waals surface area contributed by atoms with E-state index < -0.39 is 30.1 Å². The van der Waals surface area contributed by atoms with Crippen molar-refractivity contribution in [1.82, 2.24) is 10.2 Å². The molecule has 14 heteroatoms. The Bertz CT molecular complexity index is 1200. The molecule has 1 fully saturated rings. The number of hydrogen-bond donors (Lipinski definition) is 5. The fourth-order valence-corrected chi connectivity index (χ4v) is 3.45. The van der Waals surface area contributed by atoms with Crippen LogP contribution in [0.5, 0.6) is 5.75 Å².